The minimum atomic E-state index is -0.250. The van der Waals surface area contributed by atoms with Crippen molar-refractivity contribution in [1.82, 2.24) is 0 Å². The van der Waals surface area contributed by atoms with Crippen LogP contribution in [0.15, 0.2) is 35.3 Å². The van der Waals surface area contributed by atoms with E-state index in [-0.39, 0.29) is 6.10 Å². The lowest BCUT2D eigenvalue weighted by Crippen LogP contribution is -2.37. The second-order valence-corrected chi connectivity index (χ2v) is 6.94. The van der Waals surface area contributed by atoms with Crippen LogP contribution in [0.1, 0.15) is 30.6 Å². The fraction of sp³-hybridized carbons (Fsp3) is 0.316. The van der Waals surface area contributed by atoms with E-state index in [1.165, 1.54) is 6.42 Å². The van der Waals surface area contributed by atoms with Crippen molar-refractivity contribution in [2.24, 2.45) is 4.99 Å². The molecule has 0 spiro atoms. The molecular weight excluding hydrogens is 357 g/mol. The summed E-state index contributed by atoms with van der Waals surface area (Å²) >= 11 is 12.3. The highest BCUT2D eigenvalue weighted by Gasteiger charge is 2.20. The number of nitrogens with two attached hydrogens (primary N) is 1. The average Bonchev–Trinajstić information content (AvgIpc) is 2.49. The van der Waals surface area contributed by atoms with E-state index >= 15 is 0 Å². The first kappa shape index (κ1) is 17.9. The molecule has 1 aliphatic rings. The molecule has 4 nitrogen and oxygen atoms in total. The molecule has 2 N–H and O–H groups in total. The summed E-state index contributed by atoms with van der Waals surface area (Å²) in [5, 5.41) is 1.18. The van der Waals surface area contributed by atoms with Gasteiger partial charge < -0.3 is 15.4 Å². The van der Waals surface area contributed by atoms with Crippen LogP contribution in [0.25, 0.3) is 0 Å². The van der Waals surface area contributed by atoms with Crippen molar-refractivity contribution in [3.8, 4) is 5.75 Å². The molecule has 1 aliphatic heterocycles. The number of nitrogens with zero attached hydrogens (tertiary/aromatic N) is 2. The Morgan fingerprint density at radius 3 is 2.60 bits per heavy atom. The quantitative estimate of drug-likeness (QED) is 0.590. The summed E-state index contributed by atoms with van der Waals surface area (Å²) in [6, 6.07) is 9.40. The van der Waals surface area contributed by atoms with Gasteiger partial charge in [0.2, 0.25) is 0 Å². The van der Waals surface area contributed by atoms with E-state index < -0.39 is 0 Å². The van der Waals surface area contributed by atoms with Crippen LogP contribution in [0.3, 0.4) is 0 Å². The molecule has 1 atom stereocenters. The third kappa shape index (κ3) is 3.86. The van der Waals surface area contributed by atoms with Crippen molar-refractivity contribution in [3.05, 3.63) is 51.5 Å². The molecule has 0 radical (unpaired) electrons. The van der Waals surface area contributed by atoms with Crippen molar-refractivity contribution < 1.29 is 4.74 Å². The van der Waals surface area contributed by atoms with Gasteiger partial charge in [0.25, 0.3) is 0 Å². The zero-order chi connectivity index (χ0) is 18.0. The number of anilines is 2. The first-order valence-electron chi connectivity index (χ1n) is 8.22. The van der Waals surface area contributed by atoms with Gasteiger partial charge >= 0.3 is 0 Å². The maximum absolute atomic E-state index is 6.31. The first-order valence-corrected chi connectivity index (χ1v) is 8.97. The fourth-order valence-electron chi connectivity index (χ4n) is 2.84. The van der Waals surface area contributed by atoms with Crippen LogP contribution in [0.5, 0.6) is 5.75 Å². The average molecular weight is 378 g/mol. The predicted octanol–water partition coefficient (Wildman–Crippen LogP) is 4.97. The predicted molar refractivity (Wildman–Crippen MR) is 107 cm³/mol. The monoisotopic (exact) mass is 377 g/mol. The summed E-state index contributed by atoms with van der Waals surface area (Å²) in [6.07, 6.45) is 2.67. The van der Waals surface area contributed by atoms with Crippen LogP contribution >= 0.6 is 23.2 Å². The summed E-state index contributed by atoms with van der Waals surface area (Å²) in [6.45, 7) is 4.03. The standard InChI is InChI=1S/C19H21Cl2N3O/c1-12(15-5-4-13(20)8-17(15)21)25-19-10-14(24-6-3-7-24)9-18(22)16(19)11-23-2/h4-5,8-12H,3,6-7,22H2,1-2H3. The van der Waals surface area contributed by atoms with Gasteiger partial charge in [0.15, 0.2) is 0 Å². The number of hydrogen-bond acceptors (Lipinski definition) is 4. The van der Waals surface area contributed by atoms with Crippen molar-refractivity contribution in [2.75, 3.05) is 30.8 Å². The Balaban J connectivity index is 1.95. The SMILES string of the molecule is CN=Cc1c(N)cc(N2CCC2)cc1OC(C)c1ccc(Cl)cc1Cl. The number of ether oxygens (including phenoxy) is 1. The van der Waals surface area contributed by atoms with Crippen LogP contribution in [-0.2, 0) is 0 Å². The van der Waals surface area contributed by atoms with Gasteiger partial charge in [-0.15, -0.1) is 0 Å². The molecule has 2 aromatic carbocycles. The third-order valence-corrected chi connectivity index (χ3v) is 4.90. The maximum atomic E-state index is 6.31. The maximum Gasteiger partial charge on any atom is 0.133 e. The molecular formula is C19H21Cl2N3O. The van der Waals surface area contributed by atoms with Crippen LogP contribution < -0.4 is 15.4 Å². The molecule has 0 amide bonds. The van der Waals surface area contributed by atoms with E-state index in [1.54, 1.807) is 19.3 Å². The van der Waals surface area contributed by atoms with Gasteiger partial charge in [0.05, 0.1) is 5.56 Å². The van der Waals surface area contributed by atoms with Crippen LogP contribution in [0.2, 0.25) is 10.0 Å². The lowest BCUT2D eigenvalue weighted by atomic mass is 10.1. The summed E-state index contributed by atoms with van der Waals surface area (Å²) in [4.78, 5) is 6.38. The largest absolute Gasteiger partial charge is 0.485 e. The first-order chi connectivity index (χ1) is 12.0. The molecule has 1 unspecified atom stereocenters. The molecule has 2 aromatic rings. The Labute approximate surface area is 158 Å². The smallest absolute Gasteiger partial charge is 0.133 e. The normalized spacial score (nSPS) is 15.3. The van der Waals surface area contributed by atoms with Gasteiger partial charge in [0, 0.05) is 59.4 Å². The van der Waals surface area contributed by atoms with Crippen LogP contribution in [0.4, 0.5) is 11.4 Å². The van der Waals surface area contributed by atoms with Crippen molar-refractivity contribution in [1.29, 1.82) is 0 Å². The number of hydrogen-bond donors (Lipinski definition) is 1. The molecule has 132 valence electrons. The molecule has 0 bridgehead atoms. The van der Waals surface area contributed by atoms with Gasteiger partial charge in [-0.1, -0.05) is 29.3 Å². The minimum absolute atomic E-state index is 0.250. The van der Waals surface area contributed by atoms with E-state index in [9.17, 15) is 0 Å². The van der Waals surface area contributed by atoms with E-state index in [4.69, 9.17) is 33.7 Å². The molecule has 0 aliphatic carbocycles. The molecule has 1 fully saturated rings. The number of aliphatic imine (C=N–C) groups is 1. The van der Waals surface area contributed by atoms with Crippen molar-refractivity contribution in [3.63, 3.8) is 0 Å². The Morgan fingerprint density at radius 1 is 1.24 bits per heavy atom. The van der Waals surface area contributed by atoms with E-state index in [0.717, 1.165) is 29.9 Å². The van der Waals surface area contributed by atoms with Gasteiger partial charge in [0.1, 0.15) is 11.9 Å². The third-order valence-electron chi connectivity index (χ3n) is 4.34. The number of halogens is 2. The second kappa shape index (κ2) is 7.54. The van der Waals surface area contributed by atoms with Crippen molar-refractivity contribution in [2.45, 2.75) is 19.4 Å². The molecule has 0 aromatic heterocycles. The number of benzene rings is 2. The van der Waals surface area contributed by atoms with Gasteiger partial charge in [-0.25, -0.2) is 0 Å². The fourth-order valence-corrected chi connectivity index (χ4v) is 3.40. The highest BCUT2D eigenvalue weighted by molar-refractivity contribution is 6.35. The molecule has 3 rings (SSSR count). The number of rotatable bonds is 5. The van der Waals surface area contributed by atoms with E-state index in [0.29, 0.717) is 21.5 Å². The van der Waals surface area contributed by atoms with Gasteiger partial charge in [-0.2, -0.15) is 0 Å². The molecule has 6 heteroatoms. The Morgan fingerprint density at radius 2 is 2.00 bits per heavy atom. The molecule has 1 heterocycles. The number of nitrogen functional groups attached to an aromatic ring is 1. The second-order valence-electron chi connectivity index (χ2n) is 6.10. The highest BCUT2D eigenvalue weighted by atomic mass is 35.5. The summed E-state index contributed by atoms with van der Waals surface area (Å²) in [7, 11) is 1.71. The van der Waals surface area contributed by atoms with Gasteiger partial charge in [-0.05, 0) is 31.5 Å². The minimum Gasteiger partial charge on any atom is -0.485 e. The highest BCUT2D eigenvalue weighted by Crippen LogP contribution is 2.36. The van der Waals surface area contributed by atoms with Crippen molar-refractivity contribution >= 4 is 40.8 Å². The molecule has 25 heavy (non-hydrogen) atoms. The van der Waals surface area contributed by atoms with E-state index in [2.05, 4.69) is 9.89 Å². The molecule has 1 saturated heterocycles. The summed E-state index contributed by atoms with van der Waals surface area (Å²) in [5.41, 5.74) is 9.63. The zero-order valence-electron chi connectivity index (χ0n) is 14.3. The van der Waals surface area contributed by atoms with Crippen LogP contribution in [-0.4, -0.2) is 26.4 Å². The van der Waals surface area contributed by atoms with E-state index in [1.807, 2.05) is 31.2 Å². The summed E-state index contributed by atoms with van der Waals surface area (Å²) in [5.74, 6) is 0.700. The Bertz CT molecular complexity index is 803. The molecule has 0 saturated carbocycles. The lowest BCUT2D eigenvalue weighted by molar-refractivity contribution is 0.227. The topological polar surface area (TPSA) is 50.8 Å². The van der Waals surface area contributed by atoms with Gasteiger partial charge in [-0.3, -0.25) is 4.99 Å². The lowest BCUT2D eigenvalue weighted by Gasteiger charge is -2.34. The van der Waals surface area contributed by atoms with Crippen LogP contribution in [0, 0.1) is 0 Å². The summed E-state index contributed by atoms with van der Waals surface area (Å²) < 4.78 is 6.22. The Kier molecular flexibility index (Phi) is 5.40. The Hall–Kier alpha value is -1.91. The zero-order valence-corrected chi connectivity index (χ0v) is 15.8.